The molecule has 0 heterocycles. The van der Waals surface area contributed by atoms with E-state index in [-0.39, 0.29) is 12.2 Å². The van der Waals surface area contributed by atoms with Crippen molar-refractivity contribution in [3.8, 4) is 0 Å². The topological polar surface area (TPSA) is 75.4 Å². The maximum Gasteiger partial charge on any atom is 0.418 e. The second-order valence-corrected chi connectivity index (χ2v) is 5.32. The largest absolute Gasteiger partial charge is 0.418 e. The van der Waals surface area contributed by atoms with Gasteiger partial charge in [-0.05, 0) is 11.6 Å². The zero-order valence-corrected chi connectivity index (χ0v) is 12.8. The number of hydrogen-bond donors (Lipinski definition) is 2. The Bertz CT molecular complexity index is 739. The van der Waals surface area contributed by atoms with Crippen LogP contribution in [0.25, 0.3) is 0 Å². The van der Waals surface area contributed by atoms with Gasteiger partial charge in [-0.25, -0.2) is 0 Å². The van der Waals surface area contributed by atoms with Gasteiger partial charge in [-0.2, -0.15) is 13.2 Å². The standard InChI is InChI=1S/C15H12ClF3N2O3/c16-11-7-12(13(21(23)24)6-10(11)15(17,18)19)20-8-14(22)9-4-2-1-3-5-9/h1-7,14,20,22H,8H2. The van der Waals surface area contributed by atoms with Crippen molar-refractivity contribution in [3.05, 3.63) is 68.7 Å². The maximum atomic E-state index is 12.8. The molecule has 0 amide bonds. The van der Waals surface area contributed by atoms with Gasteiger partial charge in [0.25, 0.3) is 5.69 Å². The summed E-state index contributed by atoms with van der Waals surface area (Å²) in [6, 6.07) is 9.68. The fourth-order valence-corrected chi connectivity index (χ4v) is 2.34. The number of aliphatic hydroxyl groups excluding tert-OH is 1. The first-order valence-electron chi connectivity index (χ1n) is 6.72. The minimum Gasteiger partial charge on any atom is -0.387 e. The van der Waals surface area contributed by atoms with E-state index in [1.807, 2.05) is 0 Å². The molecule has 2 aromatic carbocycles. The van der Waals surface area contributed by atoms with Crippen LogP contribution in [0.15, 0.2) is 42.5 Å². The molecule has 0 fully saturated rings. The van der Waals surface area contributed by atoms with Crippen LogP contribution in [0.4, 0.5) is 24.5 Å². The van der Waals surface area contributed by atoms with Crippen molar-refractivity contribution in [2.75, 3.05) is 11.9 Å². The lowest BCUT2D eigenvalue weighted by Crippen LogP contribution is -2.14. The van der Waals surface area contributed by atoms with Crippen LogP contribution in [0.1, 0.15) is 17.2 Å². The van der Waals surface area contributed by atoms with Gasteiger partial charge in [0.1, 0.15) is 5.69 Å². The number of alkyl halides is 3. The van der Waals surface area contributed by atoms with E-state index in [2.05, 4.69) is 5.32 Å². The van der Waals surface area contributed by atoms with Crippen LogP contribution in [-0.2, 0) is 6.18 Å². The van der Waals surface area contributed by atoms with E-state index in [1.54, 1.807) is 30.3 Å². The summed E-state index contributed by atoms with van der Waals surface area (Å²) in [5.74, 6) is 0. The first-order chi connectivity index (χ1) is 11.2. The predicted octanol–water partition coefficient (Wildman–Crippen LogP) is 4.41. The SMILES string of the molecule is O=[N+]([O-])c1cc(C(F)(F)F)c(Cl)cc1NCC(O)c1ccccc1. The molecule has 9 heteroatoms. The molecular formula is C15H12ClF3N2O3. The number of nitro groups is 1. The van der Waals surface area contributed by atoms with Crippen molar-refractivity contribution < 1.29 is 23.2 Å². The van der Waals surface area contributed by atoms with Crippen LogP contribution in [0.5, 0.6) is 0 Å². The molecule has 0 saturated heterocycles. The number of halogens is 4. The van der Waals surface area contributed by atoms with E-state index in [1.165, 1.54) is 0 Å². The Morgan fingerprint density at radius 3 is 2.42 bits per heavy atom. The summed E-state index contributed by atoms with van der Waals surface area (Å²) in [5.41, 5.74) is -1.70. The van der Waals surface area contributed by atoms with E-state index in [9.17, 15) is 28.4 Å². The Labute approximate surface area is 139 Å². The molecule has 2 N–H and O–H groups in total. The minimum atomic E-state index is -4.80. The summed E-state index contributed by atoms with van der Waals surface area (Å²) in [6.45, 7) is -0.132. The van der Waals surface area contributed by atoms with Crippen molar-refractivity contribution in [1.29, 1.82) is 0 Å². The Balaban J connectivity index is 2.27. The first-order valence-corrected chi connectivity index (χ1v) is 7.10. The van der Waals surface area contributed by atoms with Gasteiger partial charge in [0.05, 0.1) is 21.6 Å². The molecule has 0 aliphatic carbocycles. The lowest BCUT2D eigenvalue weighted by molar-refractivity contribution is -0.384. The number of nitrogens with one attached hydrogen (secondary N) is 1. The minimum absolute atomic E-state index is 0.132. The van der Waals surface area contributed by atoms with E-state index >= 15 is 0 Å². The Morgan fingerprint density at radius 1 is 1.25 bits per heavy atom. The molecule has 0 aliphatic rings. The molecule has 0 saturated carbocycles. The fraction of sp³-hybridized carbons (Fsp3) is 0.200. The normalized spacial score (nSPS) is 12.7. The highest BCUT2D eigenvalue weighted by atomic mass is 35.5. The quantitative estimate of drug-likeness (QED) is 0.611. The average molecular weight is 361 g/mol. The molecule has 0 radical (unpaired) electrons. The predicted molar refractivity (Wildman–Crippen MR) is 83.0 cm³/mol. The second kappa shape index (κ2) is 7.06. The third kappa shape index (κ3) is 4.15. The molecular weight excluding hydrogens is 349 g/mol. The average Bonchev–Trinajstić information content (AvgIpc) is 2.51. The van der Waals surface area contributed by atoms with Crippen LogP contribution >= 0.6 is 11.6 Å². The van der Waals surface area contributed by atoms with Gasteiger partial charge in [0, 0.05) is 12.6 Å². The summed E-state index contributed by atoms with van der Waals surface area (Å²) in [6.07, 6.45) is -5.80. The lowest BCUT2D eigenvalue weighted by Gasteiger charge is -2.15. The van der Waals surface area contributed by atoms with Crippen LogP contribution in [-0.4, -0.2) is 16.6 Å². The van der Waals surface area contributed by atoms with Gasteiger partial charge in [-0.15, -0.1) is 0 Å². The van der Waals surface area contributed by atoms with E-state index in [4.69, 9.17) is 11.6 Å². The third-order valence-corrected chi connectivity index (χ3v) is 3.57. The highest BCUT2D eigenvalue weighted by molar-refractivity contribution is 6.31. The highest BCUT2D eigenvalue weighted by Gasteiger charge is 2.36. The third-order valence-electron chi connectivity index (χ3n) is 3.26. The monoisotopic (exact) mass is 360 g/mol. The van der Waals surface area contributed by atoms with Crippen LogP contribution in [0.3, 0.4) is 0 Å². The smallest absolute Gasteiger partial charge is 0.387 e. The molecule has 0 spiro atoms. The second-order valence-electron chi connectivity index (χ2n) is 4.91. The number of aliphatic hydroxyl groups is 1. The molecule has 0 aliphatic heterocycles. The van der Waals surface area contributed by atoms with Gasteiger partial charge in [0.2, 0.25) is 0 Å². The molecule has 2 rings (SSSR count). The number of nitrogens with zero attached hydrogens (tertiary/aromatic N) is 1. The number of anilines is 1. The number of nitro benzene ring substituents is 1. The molecule has 1 unspecified atom stereocenters. The molecule has 0 bridgehead atoms. The molecule has 24 heavy (non-hydrogen) atoms. The van der Waals surface area contributed by atoms with Gasteiger partial charge < -0.3 is 10.4 Å². The van der Waals surface area contributed by atoms with Crippen molar-refractivity contribution >= 4 is 23.0 Å². The highest BCUT2D eigenvalue weighted by Crippen LogP contribution is 2.40. The Hall–Kier alpha value is -2.32. The first kappa shape index (κ1) is 18.0. The number of hydrogen-bond acceptors (Lipinski definition) is 4. The molecule has 0 aromatic heterocycles. The van der Waals surface area contributed by atoms with Gasteiger partial charge in [0.15, 0.2) is 0 Å². The zero-order chi connectivity index (χ0) is 17.9. The van der Waals surface area contributed by atoms with Crippen molar-refractivity contribution in [2.45, 2.75) is 12.3 Å². The number of rotatable bonds is 5. The summed E-state index contributed by atoms with van der Waals surface area (Å²) in [5, 5.41) is 22.9. The molecule has 2 aromatic rings. The molecule has 128 valence electrons. The molecule has 1 atom stereocenters. The van der Waals surface area contributed by atoms with E-state index < -0.39 is 33.5 Å². The fourth-order valence-electron chi connectivity index (χ4n) is 2.07. The van der Waals surface area contributed by atoms with E-state index in [0.717, 1.165) is 6.07 Å². The van der Waals surface area contributed by atoms with E-state index in [0.29, 0.717) is 11.6 Å². The molecule has 5 nitrogen and oxygen atoms in total. The Morgan fingerprint density at radius 2 is 1.88 bits per heavy atom. The summed E-state index contributed by atoms with van der Waals surface area (Å²) in [4.78, 5) is 10.1. The Kier molecular flexibility index (Phi) is 5.30. The summed E-state index contributed by atoms with van der Waals surface area (Å²) >= 11 is 5.58. The zero-order valence-electron chi connectivity index (χ0n) is 12.0. The lowest BCUT2D eigenvalue weighted by atomic mass is 10.1. The summed E-state index contributed by atoms with van der Waals surface area (Å²) < 4.78 is 38.4. The van der Waals surface area contributed by atoms with Gasteiger partial charge in [-0.3, -0.25) is 10.1 Å². The van der Waals surface area contributed by atoms with Gasteiger partial charge >= 0.3 is 6.18 Å². The number of benzene rings is 2. The van der Waals surface area contributed by atoms with Crippen molar-refractivity contribution in [3.63, 3.8) is 0 Å². The van der Waals surface area contributed by atoms with Crippen LogP contribution < -0.4 is 5.32 Å². The van der Waals surface area contributed by atoms with Crippen LogP contribution in [0.2, 0.25) is 5.02 Å². The van der Waals surface area contributed by atoms with Crippen LogP contribution in [0, 0.1) is 10.1 Å². The summed E-state index contributed by atoms with van der Waals surface area (Å²) in [7, 11) is 0. The van der Waals surface area contributed by atoms with Crippen molar-refractivity contribution in [1.82, 2.24) is 0 Å². The van der Waals surface area contributed by atoms with Gasteiger partial charge in [-0.1, -0.05) is 41.9 Å². The maximum absolute atomic E-state index is 12.8. The van der Waals surface area contributed by atoms with Crippen molar-refractivity contribution in [2.24, 2.45) is 0 Å².